The summed E-state index contributed by atoms with van der Waals surface area (Å²) in [4.78, 5) is 0. The molecule has 0 radical (unpaired) electrons. The van der Waals surface area contributed by atoms with Crippen molar-refractivity contribution < 1.29 is 0 Å². The van der Waals surface area contributed by atoms with Crippen LogP contribution in [0.15, 0.2) is 181 Å². The molecule has 198 valence electrons. The highest BCUT2D eigenvalue weighted by atomic mass is 28.3. The fourth-order valence-corrected chi connectivity index (χ4v) is 13.7. The molecule has 3 aliphatic rings. The van der Waals surface area contributed by atoms with Crippen molar-refractivity contribution in [1.82, 2.24) is 0 Å². The van der Waals surface area contributed by atoms with E-state index in [1.54, 1.807) is 5.20 Å². The van der Waals surface area contributed by atoms with Gasteiger partial charge in [0.2, 0.25) is 0 Å². The lowest BCUT2D eigenvalue weighted by molar-refractivity contribution is 1.04. The van der Waals surface area contributed by atoms with Crippen LogP contribution in [0.4, 0.5) is 0 Å². The fourth-order valence-electron chi connectivity index (χ4n) is 7.50. The van der Waals surface area contributed by atoms with Crippen LogP contribution in [0.3, 0.4) is 0 Å². The number of hydrogen-bond donors (Lipinski definition) is 0. The Hall–Kier alpha value is -4.98. The Morgan fingerprint density at radius 1 is 0.381 bits per heavy atom. The van der Waals surface area contributed by atoms with E-state index in [1.165, 1.54) is 54.5 Å². The predicted molar refractivity (Wildman–Crippen MR) is 181 cm³/mol. The molecule has 0 aromatic heterocycles. The normalized spacial score (nSPS) is 16.7. The van der Waals surface area contributed by atoms with Gasteiger partial charge < -0.3 is 0 Å². The molecule has 0 fully saturated rings. The molecule has 0 saturated carbocycles. The zero-order valence-corrected chi connectivity index (χ0v) is 24.3. The molecule has 0 saturated heterocycles. The Labute approximate surface area is 249 Å². The topological polar surface area (TPSA) is 0 Å². The van der Waals surface area contributed by atoms with Crippen LogP contribution < -0.4 is 10.4 Å². The summed E-state index contributed by atoms with van der Waals surface area (Å²) in [6.07, 6.45) is 13.6. The summed E-state index contributed by atoms with van der Waals surface area (Å²) < 4.78 is 0. The van der Waals surface area contributed by atoms with Crippen molar-refractivity contribution in [2.24, 2.45) is 5.92 Å². The molecule has 0 N–H and O–H groups in total. The van der Waals surface area contributed by atoms with Gasteiger partial charge in [-0.2, -0.15) is 0 Å². The van der Waals surface area contributed by atoms with Crippen LogP contribution in [-0.4, -0.2) is 8.07 Å². The van der Waals surface area contributed by atoms with E-state index in [0.29, 0.717) is 0 Å². The van der Waals surface area contributed by atoms with Gasteiger partial charge in [-0.25, -0.2) is 0 Å². The maximum Gasteiger partial charge on any atom is 0.179 e. The Morgan fingerprint density at radius 2 is 0.810 bits per heavy atom. The molecule has 8 rings (SSSR count). The third-order valence-electron chi connectivity index (χ3n) is 8.99. The van der Waals surface area contributed by atoms with Crippen molar-refractivity contribution in [3.05, 3.63) is 198 Å². The van der Waals surface area contributed by atoms with Crippen LogP contribution in [0.2, 0.25) is 0 Å². The van der Waals surface area contributed by atoms with Crippen LogP contribution in [-0.2, 0) is 0 Å². The molecule has 1 aliphatic carbocycles. The molecule has 0 nitrogen and oxygen atoms in total. The fraction of sp³-hybridized carbons (Fsp3) is 0.0244. The second kappa shape index (κ2) is 10.1. The predicted octanol–water partition coefficient (Wildman–Crippen LogP) is 8.69. The zero-order valence-electron chi connectivity index (χ0n) is 23.3. The van der Waals surface area contributed by atoms with Gasteiger partial charge in [0.05, 0.1) is 0 Å². The quantitative estimate of drug-likeness (QED) is 0.196. The molecule has 5 aromatic carbocycles. The number of hydrogen-bond acceptors (Lipinski definition) is 0. The summed E-state index contributed by atoms with van der Waals surface area (Å²) in [5.41, 5.74) is 9.40. The Bertz CT molecular complexity index is 1890. The molecule has 0 bridgehead atoms. The van der Waals surface area contributed by atoms with E-state index in [1.807, 2.05) is 0 Å². The van der Waals surface area contributed by atoms with E-state index in [4.69, 9.17) is 0 Å². The van der Waals surface area contributed by atoms with Gasteiger partial charge in [0.1, 0.15) is 0 Å². The smallest absolute Gasteiger partial charge is 0.0739 e. The molecule has 2 aliphatic heterocycles. The average Bonchev–Trinajstić information content (AvgIpc) is 3.37. The molecule has 1 heteroatoms. The maximum absolute atomic E-state index is 2.78. The van der Waals surface area contributed by atoms with Crippen molar-refractivity contribution in [1.29, 1.82) is 0 Å². The van der Waals surface area contributed by atoms with E-state index in [9.17, 15) is 0 Å². The molecule has 0 unspecified atom stereocenters. The second-order valence-electron chi connectivity index (χ2n) is 11.2. The molecule has 2 heterocycles. The molecule has 0 atom stereocenters. The third kappa shape index (κ3) is 3.61. The first-order chi connectivity index (χ1) is 20.9. The van der Waals surface area contributed by atoms with Crippen LogP contribution >= 0.6 is 0 Å². The first kappa shape index (κ1) is 24.8. The van der Waals surface area contributed by atoms with Gasteiger partial charge in [-0.15, -0.1) is 0 Å². The van der Waals surface area contributed by atoms with Crippen molar-refractivity contribution >= 4 is 34.8 Å². The minimum absolute atomic E-state index is 0.154. The Kier molecular flexibility index (Phi) is 5.98. The third-order valence-corrected chi connectivity index (χ3v) is 14.2. The van der Waals surface area contributed by atoms with Crippen molar-refractivity contribution in [2.45, 2.75) is 0 Å². The number of rotatable bonds is 4. The summed E-state index contributed by atoms with van der Waals surface area (Å²) in [7, 11) is -2.78. The highest BCUT2D eigenvalue weighted by Crippen LogP contribution is 2.56. The summed E-state index contributed by atoms with van der Waals surface area (Å²) in [6.45, 7) is 0. The van der Waals surface area contributed by atoms with Gasteiger partial charge in [0.15, 0.2) is 8.07 Å². The molecule has 1 spiro atoms. The minimum atomic E-state index is -2.78. The summed E-state index contributed by atoms with van der Waals surface area (Å²) >= 11 is 0. The lowest BCUT2D eigenvalue weighted by atomic mass is 9.88. The van der Waals surface area contributed by atoms with E-state index >= 15 is 0 Å². The van der Waals surface area contributed by atoms with Crippen LogP contribution in [0.1, 0.15) is 16.7 Å². The highest BCUT2D eigenvalue weighted by Gasteiger charge is 2.58. The molecule has 5 aromatic rings. The van der Waals surface area contributed by atoms with E-state index in [-0.39, 0.29) is 5.92 Å². The largest absolute Gasteiger partial charge is 0.179 e. The van der Waals surface area contributed by atoms with Crippen LogP contribution in [0, 0.1) is 5.92 Å². The van der Waals surface area contributed by atoms with Crippen molar-refractivity contribution in [3.63, 3.8) is 0 Å². The SMILES string of the molecule is C1=CC=CC(C2=C(c3ccccc3)C(c3ccccc3)=C(c3ccccc3)[Si]23c2ccccc2-c2ccccc23)C=C1. The van der Waals surface area contributed by atoms with Crippen LogP contribution in [0.5, 0.6) is 0 Å². The summed E-state index contributed by atoms with van der Waals surface area (Å²) in [5, 5.41) is 6.05. The summed E-state index contributed by atoms with van der Waals surface area (Å²) in [6, 6.07) is 51.9. The minimum Gasteiger partial charge on any atom is -0.0739 e. The van der Waals surface area contributed by atoms with Gasteiger partial charge in [-0.3, -0.25) is 0 Å². The first-order valence-corrected chi connectivity index (χ1v) is 16.8. The molecule has 42 heavy (non-hydrogen) atoms. The van der Waals surface area contributed by atoms with Gasteiger partial charge in [-0.1, -0.05) is 176 Å². The average molecular weight is 551 g/mol. The Balaban J connectivity index is 1.64. The van der Waals surface area contributed by atoms with Gasteiger partial charge in [0, 0.05) is 5.92 Å². The zero-order chi connectivity index (χ0) is 27.9. The van der Waals surface area contributed by atoms with Gasteiger partial charge in [-0.05, 0) is 59.7 Å². The molecular formula is C41H30Si. The monoisotopic (exact) mass is 550 g/mol. The number of fused-ring (bicyclic) bond motifs is 5. The first-order valence-electron chi connectivity index (χ1n) is 14.8. The molecule has 0 amide bonds. The van der Waals surface area contributed by atoms with Crippen molar-refractivity contribution in [3.8, 4) is 11.1 Å². The lowest BCUT2D eigenvalue weighted by Gasteiger charge is -2.35. The van der Waals surface area contributed by atoms with Gasteiger partial charge in [0.25, 0.3) is 0 Å². The standard InChI is InChI=1S/C41H30Si/c1-2-7-23-32(22-6-1)40-38(30-18-8-3-9-19-30)39(31-20-10-4-11-21-31)41(33-24-12-5-13-25-33)42(40)36-28-16-14-26-34(36)35-27-15-17-29-37(35)42/h1-29,32H. The Morgan fingerprint density at radius 3 is 1.33 bits per heavy atom. The lowest BCUT2D eigenvalue weighted by Crippen LogP contribution is -2.58. The summed E-state index contributed by atoms with van der Waals surface area (Å²) in [5.74, 6) is 0.154. The second-order valence-corrected chi connectivity index (χ2v) is 14.8. The number of allylic oxidation sites excluding steroid dienone is 9. The number of benzene rings is 5. The maximum atomic E-state index is 2.43. The van der Waals surface area contributed by atoms with Gasteiger partial charge >= 0.3 is 0 Å². The van der Waals surface area contributed by atoms with Crippen molar-refractivity contribution in [2.75, 3.05) is 0 Å². The molecular weight excluding hydrogens is 521 g/mol. The van der Waals surface area contributed by atoms with E-state index in [2.05, 4.69) is 176 Å². The van der Waals surface area contributed by atoms with E-state index < -0.39 is 8.07 Å². The van der Waals surface area contributed by atoms with Crippen LogP contribution in [0.25, 0.3) is 27.5 Å². The van der Waals surface area contributed by atoms with E-state index in [0.717, 1.165) is 0 Å². The highest BCUT2D eigenvalue weighted by molar-refractivity contribution is 7.24.